The van der Waals surface area contributed by atoms with Gasteiger partial charge in [-0.2, -0.15) is 0 Å². The van der Waals surface area contributed by atoms with Crippen molar-refractivity contribution in [2.75, 3.05) is 26.2 Å². The average molecular weight is 174 g/mol. The maximum Gasteiger partial charge on any atom is 0.413 e. The van der Waals surface area contributed by atoms with Gasteiger partial charge in [0.25, 0.3) is 0 Å². The Kier molecular flexibility index (Phi) is 4.85. The summed E-state index contributed by atoms with van der Waals surface area (Å²) in [4.78, 5) is 11.1. The number of rotatable bonds is 5. The number of urea groups is 1. The molecule has 0 bridgehead atoms. The van der Waals surface area contributed by atoms with Gasteiger partial charge in [0.2, 0.25) is 0 Å². The van der Waals surface area contributed by atoms with Crippen molar-refractivity contribution in [3.8, 4) is 0 Å². The van der Waals surface area contributed by atoms with Gasteiger partial charge in [-0.15, -0.1) is 0 Å². The molecule has 72 valence electrons. The van der Waals surface area contributed by atoms with Crippen molar-refractivity contribution in [1.82, 2.24) is 0 Å². The summed E-state index contributed by atoms with van der Waals surface area (Å²) in [6.07, 6.45) is 0.852. The van der Waals surface area contributed by atoms with E-state index in [9.17, 15) is 4.79 Å². The van der Waals surface area contributed by atoms with E-state index >= 15 is 0 Å². The minimum Gasteiger partial charge on any atom is -0.330 e. The van der Waals surface area contributed by atoms with Gasteiger partial charge in [-0.3, -0.25) is 0 Å². The van der Waals surface area contributed by atoms with Gasteiger partial charge in [-0.05, 0) is 20.4 Å². The normalized spacial score (nSPS) is 11.6. The van der Waals surface area contributed by atoms with Crippen molar-refractivity contribution in [3.05, 3.63) is 0 Å². The first-order chi connectivity index (χ1) is 5.63. The van der Waals surface area contributed by atoms with Crippen molar-refractivity contribution < 1.29 is 9.28 Å². The number of quaternary nitrogens is 1. The van der Waals surface area contributed by atoms with Crippen LogP contribution in [0.4, 0.5) is 4.79 Å². The first-order valence-electron chi connectivity index (χ1n) is 4.49. The van der Waals surface area contributed by atoms with Crippen LogP contribution in [0.15, 0.2) is 0 Å². The molecular weight excluding hydrogens is 154 g/mol. The molecule has 0 aliphatic heterocycles. The van der Waals surface area contributed by atoms with Crippen molar-refractivity contribution in [2.24, 2.45) is 11.5 Å². The van der Waals surface area contributed by atoms with Crippen molar-refractivity contribution >= 4 is 6.03 Å². The number of hydrogen-bond donors (Lipinski definition) is 2. The lowest BCUT2D eigenvalue weighted by Crippen LogP contribution is -2.56. The fraction of sp³-hybridized carbons (Fsp3) is 0.875. The zero-order chi connectivity index (χ0) is 9.61. The quantitative estimate of drug-likeness (QED) is 0.587. The molecule has 4 nitrogen and oxygen atoms in total. The third-order valence-corrected chi connectivity index (χ3v) is 2.47. The lowest BCUT2D eigenvalue weighted by Gasteiger charge is -2.31. The predicted molar refractivity (Wildman–Crippen MR) is 49.5 cm³/mol. The van der Waals surface area contributed by atoms with E-state index in [1.165, 1.54) is 0 Å². The van der Waals surface area contributed by atoms with Gasteiger partial charge in [-0.1, -0.05) is 0 Å². The lowest BCUT2D eigenvalue weighted by molar-refractivity contribution is -0.845. The summed E-state index contributed by atoms with van der Waals surface area (Å²) in [7, 11) is 0. The van der Waals surface area contributed by atoms with E-state index in [0.29, 0.717) is 11.0 Å². The Labute approximate surface area is 74.1 Å². The average Bonchev–Trinajstić information content (AvgIpc) is 2.07. The summed E-state index contributed by atoms with van der Waals surface area (Å²) >= 11 is 0. The molecule has 0 radical (unpaired) electrons. The van der Waals surface area contributed by atoms with E-state index in [1.54, 1.807) is 0 Å². The Hall–Kier alpha value is -0.610. The van der Waals surface area contributed by atoms with Gasteiger partial charge in [-0.25, -0.2) is 9.28 Å². The molecule has 0 aliphatic rings. The summed E-state index contributed by atoms with van der Waals surface area (Å²) in [6, 6.07) is -0.242. The molecule has 0 saturated carbocycles. The third-order valence-electron chi connectivity index (χ3n) is 2.47. The summed E-state index contributed by atoms with van der Waals surface area (Å²) in [5, 5.41) is 0. The Morgan fingerprint density at radius 2 is 1.83 bits per heavy atom. The number of nitrogens with two attached hydrogens (primary N) is 2. The van der Waals surface area contributed by atoms with Gasteiger partial charge in [0.15, 0.2) is 0 Å². The molecule has 0 aromatic heterocycles. The smallest absolute Gasteiger partial charge is 0.330 e. The number of carbonyl (C=O) groups is 1. The molecule has 0 unspecified atom stereocenters. The van der Waals surface area contributed by atoms with Crippen molar-refractivity contribution in [2.45, 2.75) is 20.3 Å². The molecule has 0 atom stereocenters. The van der Waals surface area contributed by atoms with E-state index < -0.39 is 0 Å². The molecule has 0 aromatic carbocycles. The topological polar surface area (TPSA) is 69.1 Å². The number of carbonyl (C=O) groups excluding carboxylic acids is 1. The van der Waals surface area contributed by atoms with Crippen LogP contribution in [0.5, 0.6) is 0 Å². The van der Waals surface area contributed by atoms with Gasteiger partial charge in [0.05, 0.1) is 19.6 Å². The van der Waals surface area contributed by atoms with Crippen LogP contribution in [0.3, 0.4) is 0 Å². The van der Waals surface area contributed by atoms with Gasteiger partial charge < -0.3 is 11.5 Å². The minimum atomic E-state index is -0.242. The number of nitrogens with zero attached hydrogens (tertiary/aromatic N) is 1. The molecule has 0 rings (SSSR count). The van der Waals surface area contributed by atoms with E-state index in [-0.39, 0.29) is 6.03 Å². The molecule has 0 aromatic rings. The molecule has 2 amide bonds. The van der Waals surface area contributed by atoms with Crippen LogP contribution in [0, 0.1) is 0 Å². The molecule has 0 heterocycles. The van der Waals surface area contributed by atoms with Gasteiger partial charge in [0, 0.05) is 6.42 Å². The maximum absolute atomic E-state index is 11.1. The van der Waals surface area contributed by atoms with Crippen LogP contribution in [-0.2, 0) is 0 Å². The number of primary amides is 1. The molecule has 4 heteroatoms. The summed E-state index contributed by atoms with van der Waals surface area (Å²) < 4.78 is 0.358. The van der Waals surface area contributed by atoms with Gasteiger partial charge in [0.1, 0.15) is 0 Å². The fourth-order valence-corrected chi connectivity index (χ4v) is 1.36. The Morgan fingerprint density at radius 1 is 1.33 bits per heavy atom. The molecule has 12 heavy (non-hydrogen) atoms. The highest BCUT2D eigenvalue weighted by atomic mass is 16.2. The van der Waals surface area contributed by atoms with Crippen molar-refractivity contribution in [3.63, 3.8) is 0 Å². The predicted octanol–water partition coefficient (Wildman–Crippen LogP) is 0.271. The maximum atomic E-state index is 11.1. The summed E-state index contributed by atoms with van der Waals surface area (Å²) in [5.41, 5.74) is 10.7. The first-order valence-corrected chi connectivity index (χ1v) is 4.49. The van der Waals surface area contributed by atoms with Crippen LogP contribution in [0.2, 0.25) is 0 Å². The molecule has 0 saturated heterocycles. The standard InChI is InChI=1S/C8H19N3O/c1-3-11(4-2,8(10)12)7-5-6-9/h3-7,9H2,1-2H3,(H-,10,12)/p+1. The monoisotopic (exact) mass is 174 g/mol. The zero-order valence-electron chi connectivity index (χ0n) is 8.05. The third kappa shape index (κ3) is 2.46. The van der Waals surface area contributed by atoms with E-state index in [1.807, 2.05) is 13.8 Å². The SMILES string of the molecule is CC[N+](CC)(CCCN)C(N)=O. The Bertz CT molecular complexity index is 143. The van der Waals surface area contributed by atoms with E-state index in [4.69, 9.17) is 11.5 Å². The van der Waals surface area contributed by atoms with Crippen LogP contribution in [-0.4, -0.2) is 36.7 Å². The largest absolute Gasteiger partial charge is 0.413 e. The van der Waals surface area contributed by atoms with Crippen LogP contribution in [0.25, 0.3) is 0 Å². The second-order valence-corrected chi connectivity index (χ2v) is 2.98. The Balaban J connectivity index is 4.25. The second-order valence-electron chi connectivity index (χ2n) is 2.98. The Morgan fingerprint density at radius 3 is 2.08 bits per heavy atom. The second kappa shape index (κ2) is 5.11. The molecule has 0 aliphatic carbocycles. The number of amides is 2. The molecule has 0 fully saturated rings. The molecule has 0 spiro atoms. The highest BCUT2D eigenvalue weighted by molar-refractivity contribution is 5.64. The van der Waals surface area contributed by atoms with Crippen LogP contribution in [0.1, 0.15) is 20.3 Å². The zero-order valence-corrected chi connectivity index (χ0v) is 8.05. The fourth-order valence-electron chi connectivity index (χ4n) is 1.36. The van der Waals surface area contributed by atoms with E-state index in [0.717, 1.165) is 26.1 Å². The first kappa shape index (κ1) is 11.4. The van der Waals surface area contributed by atoms with Crippen LogP contribution >= 0.6 is 0 Å². The minimum absolute atomic E-state index is 0.242. The summed E-state index contributed by atoms with van der Waals surface area (Å²) in [6.45, 7) is 6.85. The highest BCUT2D eigenvalue weighted by Crippen LogP contribution is 2.06. The summed E-state index contributed by atoms with van der Waals surface area (Å²) in [5.74, 6) is 0. The number of hydrogen-bond acceptors (Lipinski definition) is 2. The highest BCUT2D eigenvalue weighted by Gasteiger charge is 2.29. The van der Waals surface area contributed by atoms with Crippen molar-refractivity contribution in [1.29, 1.82) is 0 Å². The van der Waals surface area contributed by atoms with E-state index in [2.05, 4.69) is 0 Å². The molecule has 4 N–H and O–H groups in total. The van der Waals surface area contributed by atoms with Gasteiger partial charge >= 0.3 is 6.03 Å². The molecular formula is C8H20N3O+. The lowest BCUT2D eigenvalue weighted by atomic mass is 10.3. The van der Waals surface area contributed by atoms with Crippen LogP contribution < -0.4 is 11.5 Å².